The lowest BCUT2D eigenvalue weighted by molar-refractivity contribution is -0.138. The molecule has 0 radical (unpaired) electrons. The highest BCUT2D eigenvalue weighted by atomic mass is 19.1. The number of hydrogen-bond donors (Lipinski definition) is 1. The predicted molar refractivity (Wildman–Crippen MR) is 121 cm³/mol. The summed E-state index contributed by atoms with van der Waals surface area (Å²) in [5, 5.41) is 2.56. The molecule has 2 aromatic heterocycles. The first kappa shape index (κ1) is 22.5. The molecule has 0 saturated carbocycles. The molecule has 0 bridgehead atoms. The third kappa shape index (κ3) is 5.40. The Morgan fingerprint density at radius 2 is 1.94 bits per heavy atom. The second kappa shape index (κ2) is 9.87. The van der Waals surface area contributed by atoms with Gasteiger partial charge in [0.25, 0.3) is 5.91 Å². The second-order valence-corrected chi connectivity index (χ2v) is 7.94. The van der Waals surface area contributed by atoms with Crippen molar-refractivity contribution in [1.29, 1.82) is 0 Å². The highest BCUT2D eigenvalue weighted by Crippen LogP contribution is 2.27. The molecule has 1 N–H and O–H groups in total. The quantitative estimate of drug-likeness (QED) is 0.649. The maximum Gasteiger partial charge on any atom is 0.269 e. The van der Waals surface area contributed by atoms with Crippen molar-refractivity contribution in [3.05, 3.63) is 83.2 Å². The lowest BCUT2D eigenvalue weighted by atomic mass is 10.0. The minimum absolute atomic E-state index is 0.0308. The summed E-state index contributed by atoms with van der Waals surface area (Å²) in [4.78, 5) is 35.2. The van der Waals surface area contributed by atoms with Gasteiger partial charge in [-0.3, -0.25) is 19.6 Å². The van der Waals surface area contributed by atoms with Gasteiger partial charge in [0.1, 0.15) is 17.6 Å². The van der Waals surface area contributed by atoms with Crippen LogP contribution >= 0.6 is 0 Å². The summed E-state index contributed by atoms with van der Waals surface area (Å²) < 4.78 is 19.1. The molecule has 0 spiro atoms. The van der Waals surface area contributed by atoms with Crippen molar-refractivity contribution in [2.24, 2.45) is 0 Å². The van der Waals surface area contributed by atoms with Crippen LogP contribution in [0.3, 0.4) is 0 Å². The Kier molecular flexibility index (Phi) is 6.74. The number of hydrogen-bond acceptors (Lipinski definition) is 5. The first-order chi connectivity index (χ1) is 15.9. The predicted octanol–water partition coefficient (Wildman–Crippen LogP) is 3.09. The van der Waals surface area contributed by atoms with E-state index in [1.807, 2.05) is 25.1 Å². The number of carbonyl (C=O) groups is 2. The zero-order valence-electron chi connectivity index (χ0n) is 18.5. The molecule has 3 heterocycles. The Balaban J connectivity index is 1.50. The van der Waals surface area contributed by atoms with Crippen LogP contribution in [0.2, 0.25) is 0 Å². The second-order valence-electron chi connectivity index (χ2n) is 7.94. The fraction of sp³-hybridized carbons (Fsp3) is 0.280. The van der Waals surface area contributed by atoms with Crippen LogP contribution in [0.5, 0.6) is 0 Å². The summed E-state index contributed by atoms with van der Waals surface area (Å²) >= 11 is 0. The summed E-state index contributed by atoms with van der Waals surface area (Å²) in [6.07, 6.45) is 1.51. The average molecular weight is 448 g/mol. The number of benzene rings is 1. The Morgan fingerprint density at radius 3 is 2.64 bits per heavy atom. The number of carbonyl (C=O) groups excluding carboxylic acids is 2. The molecule has 4 rings (SSSR count). The minimum Gasteiger partial charge on any atom is -0.368 e. The number of aromatic nitrogens is 2. The zero-order chi connectivity index (χ0) is 23.4. The molecule has 0 unspecified atom stereocenters. The Hall–Kier alpha value is -3.65. The number of rotatable bonds is 5. The topological polar surface area (TPSA) is 84.4 Å². The van der Waals surface area contributed by atoms with Gasteiger partial charge in [0.05, 0.1) is 25.3 Å². The van der Waals surface area contributed by atoms with Crippen LogP contribution in [0.4, 0.5) is 4.39 Å². The molecule has 1 aromatic carbocycles. The molecule has 170 valence electrons. The molecular weight excluding hydrogens is 423 g/mol. The summed E-state index contributed by atoms with van der Waals surface area (Å²) in [5.74, 6) is -0.594. The van der Waals surface area contributed by atoms with Crippen LogP contribution in [-0.4, -0.2) is 53.4 Å². The largest absolute Gasteiger partial charge is 0.368 e. The normalized spacial score (nSPS) is 15.8. The van der Waals surface area contributed by atoms with E-state index in [0.29, 0.717) is 25.4 Å². The molecule has 7 nitrogen and oxygen atoms in total. The van der Waals surface area contributed by atoms with Gasteiger partial charge < -0.3 is 15.0 Å². The number of pyridine rings is 2. The van der Waals surface area contributed by atoms with Gasteiger partial charge in [-0.15, -0.1) is 0 Å². The van der Waals surface area contributed by atoms with Crippen molar-refractivity contribution in [3.8, 4) is 11.1 Å². The van der Waals surface area contributed by atoms with E-state index in [0.717, 1.165) is 28.1 Å². The number of aryl methyl sites for hydroxylation is 1. The Morgan fingerprint density at radius 1 is 1.15 bits per heavy atom. The number of morpholine rings is 1. The first-order valence-electron chi connectivity index (χ1n) is 10.7. The van der Waals surface area contributed by atoms with Gasteiger partial charge >= 0.3 is 0 Å². The van der Waals surface area contributed by atoms with Gasteiger partial charge in [0, 0.05) is 31.0 Å². The zero-order valence-corrected chi connectivity index (χ0v) is 18.5. The van der Waals surface area contributed by atoms with Crippen LogP contribution in [0, 0.1) is 12.7 Å². The Bertz CT molecular complexity index is 1150. The molecule has 1 aliphatic heterocycles. The number of halogens is 1. The number of nitrogens with one attached hydrogen (secondary N) is 1. The van der Waals surface area contributed by atoms with Gasteiger partial charge in [-0.2, -0.15) is 0 Å². The number of ether oxygens (including phenoxy) is 1. The minimum atomic E-state index is -0.354. The van der Waals surface area contributed by atoms with Gasteiger partial charge in [0.2, 0.25) is 5.91 Å². The fourth-order valence-corrected chi connectivity index (χ4v) is 3.80. The van der Waals surface area contributed by atoms with E-state index >= 15 is 0 Å². The average Bonchev–Trinajstić information content (AvgIpc) is 2.84. The number of amides is 2. The van der Waals surface area contributed by atoms with Crippen molar-refractivity contribution in [3.63, 3.8) is 0 Å². The standard InChI is InChI=1S/C25H25FN4O3/c1-16-11-19(18-5-8-21(28-14-18)25(32)27-2)13-22(29-16)23-15-30(9-10-33-23)24(31)12-17-3-6-20(26)7-4-17/h3-8,11,13-14,23H,9-10,12,15H2,1-2H3,(H,27,32)/t23-/m0/s1. The third-order valence-electron chi connectivity index (χ3n) is 5.55. The molecular formula is C25H25FN4O3. The van der Waals surface area contributed by atoms with E-state index < -0.39 is 0 Å². The van der Waals surface area contributed by atoms with E-state index in [1.54, 1.807) is 36.3 Å². The summed E-state index contributed by atoms with van der Waals surface area (Å²) in [6.45, 7) is 3.20. The molecule has 8 heteroatoms. The molecule has 33 heavy (non-hydrogen) atoms. The molecule has 3 aromatic rings. The van der Waals surface area contributed by atoms with Crippen LogP contribution in [0.25, 0.3) is 11.1 Å². The van der Waals surface area contributed by atoms with E-state index in [1.165, 1.54) is 12.1 Å². The maximum atomic E-state index is 13.1. The van der Waals surface area contributed by atoms with Crippen molar-refractivity contribution in [1.82, 2.24) is 20.2 Å². The summed E-state index contributed by atoms with van der Waals surface area (Å²) in [7, 11) is 1.56. The highest BCUT2D eigenvalue weighted by Gasteiger charge is 2.27. The maximum absolute atomic E-state index is 13.1. The van der Waals surface area contributed by atoms with Gasteiger partial charge in [-0.1, -0.05) is 18.2 Å². The van der Waals surface area contributed by atoms with Crippen LogP contribution in [0.1, 0.15) is 33.5 Å². The first-order valence-corrected chi connectivity index (χ1v) is 10.7. The smallest absolute Gasteiger partial charge is 0.269 e. The summed E-state index contributed by atoms with van der Waals surface area (Å²) in [6, 6.07) is 13.4. The molecule has 1 saturated heterocycles. The van der Waals surface area contributed by atoms with E-state index in [-0.39, 0.29) is 30.2 Å². The lowest BCUT2D eigenvalue weighted by Gasteiger charge is -2.33. The van der Waals surface area contributed by atoms with Crippen molar-refractivity contribution in [2.75, 3.05) is 26.7 Å². The fourth-order valence-electron chi connectivity index (χ4n) is 3.80. The van der Waals surface area contributed by atoms with Crippen LogP contribution < -0.4 is 5.32 Å². The SMILES string of the molecule is CNC(=O)c1ccc(-c2cc(C)nc([C@@H]3CN(C(=O)Cc4ccc(F)cc4)CCO3)c2)cn1. The van der Waals surface area contributed by atoms with Gasteiger partial charge in [0.15, 0.2) is 0 Å². The van der Waals surface area contributed by atoms with E-state index in [2.05, 4.69) is 15.3 Å². The summed E-state index contributed by atoms with van der Waals surface area (Å²) in [5.41, 5.74) is 4.43. The van der Waals surface area contributed by atoms with E-state index in [4.69, 9.17) is 4.74 Å². The molecule has 1 aliphatic rings. The van der Waals surface area contributed by atoms with Crippen LogP contribution in [0.15, 0.2) is 54.7 Å². The van der Waals surface area contributed by atoms with Gasteiger partial charge in [-0.25, -0.2) is 4.39 Å². The Labute approximate surface area is 191 Å². The van der Waals surface area contributed by atoms with Crippen molar-refractivity contribution < 1.29 is 18.7 Å². The van der Waals surface area contributed by atoms with Crippen LogP contribution in [-0.2, 0) is 16.0 Å². The number of nitrogens with zero attached hydrogens (tertiary/aromatic N) is 3. The van der Waals surface area contributed by atoms with Crippen molar-refractivity contribution >= 4 is 11.8 Å². The molecule has 1 fully saturated rings. The monoisotopic (exact) mass is 448 g/mol. The highest BCUT2D eigenvalue weighted by molar-refractivity contribution is 5.92. The van der Waals surface area contributed by atoms with Crippen molar-refractivity contribution in [2.45, 2.75) is 19.4 Å². The molecule has 0 aliphatic carbocycles. The van der Waals surface area contributed by atoms with E-state index in [9.17, 15) is 14.0 Å². The lowest BCUT2D eigenvalue weighted by Crippen LogP contribution is -2.43. The molecule has 2 amide bonds. The third-order valence-corrected chi connectivity index (χ3v) is 5.55. The van der Waals surface area contributed by atoms with Gasteiger partial charge in [-0.05, 0) is 48.4 Å². The molecule has 1 atom stereocenters.